The van der Waals surface area contributed by atoms with E-state index in [-0.39, 0.29) is 0 Å². The molecule has 0 atom stereocenters. The maximum absolute atomic E-state index is 12.0. The highest BCUT2D eigenvalue weighted by Gasteiger charge is 2.20. The summed E-state index contributed by atoms with van der Waals surface area (Å²) < 4.78 is 12.0. The number of hydrogen-bond acceptors (Lipinski definition) is 0. The van der Waals surface area contributed by atoms with Gasteiger partial charge >= 0.3 is 0 Å². The second-order valence-corrected chi connectivity index (χ2v) is 6.78. The zero-order chi connectivity index (χ0) is 13.5. The molecule has 0 unspecified atom stereocenters. The Bertz CT molecular complexity index is 289. The van der Waals surface area contributed by atoms with E-state index in [1.807, 2.05) is 0 Å². The van der Waals surface area contributed by atoms with Crippen molar-refractivity contribution in [2.45, 2.75) is 64.7 Å². The van der Waals surface area contributed by atoms with Gasteiger partial charge in [0.05, 0.1) is 6.33 Å². The lowest BCUT2D eigenvalue weighted by molar-refractivity contribution is 0.306. The Labute approximate surface area is 118 Å². The molecule has 0 aromatic heterocycles. The van der Waals surface area contributed by atoms with E-state index in [2.05, 4.69) is 19.1 Å². The summed E-state index contributed by atoms with van der Waals surface area (Å²) in [5.74, 6) is 3.32. The van der Waals surface area contributed by atoms with Crippen molar-refractivity contribution >= 4 is 0 Å². The average Bonchev–Trinajstić information content (AvgIpc) is 2.46. The molecule has 0 aromatic carbocycles. The van der Waals surface area contributed by atoms with Crippen LogP contribution in [0.15, 0.2) is 24.6 Å². The maximum atomic E-state index is 12.0. The third-order valence-electron chi connectivity index (χ3n) is 5.17. The van der Waals surface area contributed by atoms with Crippen molar-refractivity contribution in [3.8, 4) is 0 Å². The van der Waals surface area contributed by atoms with Crippen LogP contribution >= 0.6 is 0 Å². The molecule has 2 fully saturated rings. The van der Waals surface area contributed by atoms with Crippen LogP contribution in [0.4, 0.5) is 4.39 Å². The Hall–Kier alpha value is -0.590. The van der Waals surface area contributed by atoms with E-state index in [9.17, 15) is 4.39 Å². The van der Waals surface area contributed by atoms with Crippen molar-refractivity contribution in [1.82, 2.24) is 0 Å². The fourth-order valence-corrected chi connectivity index (χ4v) is 3.65. The Morgan fingerprint density at radius 1 is 0.842 bits per heavy atom. The molecule has 0 spiro atoms. The van der Waals surface area contributed by atoms with Gasteiger partial charge in [0.15, 0.2) is 0 Å². The lowest BCUT2D eigenvalue weighted by Crippen LogP contribution is -2.14. The van der Waals surface area contributed by atoms with E-state index in [1.54, 1.807) is 6.08 Å². The highest BCUT2D eigenvalue weighted by molar-refractivity contribution is 4.96. The maximum Gasteiger partial charge on any atom is 0.0827 e. The monoisotopic (exact) mass is 264 g/mol. The van der Waals surface area contributed by atoms with Crippen molar-refractivity contribution in [2.75, 3.05) is 0 Å². The molecular formula is C18H29F. The molecule has 0 nitrogen and oxygen atoms in total. The van der Waals surface area contributed by atoms with Crippen LogP contribution in [0.2, 0.25) is 0 Å². The Morgan fingerprint density at radius 2 is 1.37 bits per heavy atom. The average molecular weight is 264 g/mol. The molecular weight excluding hydrogens is 235 g/mol. The van der Waals surface area contributed by atoms with Crippen molar-refractivity contribution in [3.05, 3.63) is 24.6 Å². The molecule has 0 radical (unpaired) electrons. The van der Waals surface area contributed by atoms with Crippen molar-refractivity contribution < 1.29 is 4.39 Å². The van der Waals surface area contributed by atoms with Crippen LogP contribution < -0.4 is 0 Å². The first-order chi connectivity index (χ1) is 9.28. The first-order valence-electron chi connectivity index (χ1n) is 8.21. The van der Waals surface area contributed by atoms with E-state index >= 15 is 0 Å². The molecule has 0 heterocycles. The van der Waals surface area contributed by atoms with Gasteiger partial charge in [-0.15, -0.1) is 0 Å². The van der Waals surface area contributed by atoms with E-state index in [1.165, 1.54) is 51.4 Å². The second-order valence-electron chi connectivity index (χ2n) is 6.78. The Kier molecular flexibility index (Phi) is 6.13. The zero-order valence-electron chi connectivity index (χ0n) is 12.4. The third-order valence-corrected chi connectivity index (χ3v) is 5.17. The molecule has 0 aromatic rings. The fraction of sp³-hybridized carbons (Fsp3) is 0.778. The zero-order valence-corrected chi connectivity index (χ0v) is 12.4. The molecule has 0 aliphatic heterocycles. The van der Waals surface area contributed by atoms with E-state index in [0.29, 0.717) is 6.33 Å². The van der Waals surface area contributed by atoms with Gasteiger partial charge in [-0.05, 0) is 68.6 Å². The number of halogens is 1. The van der Waals surface area contributed by atoms with Gasteiger partial charge in [-0.2, -0.15) is 0 Å². The van der Waals surface area contributed by atoms with Crippen molar-refractivity contribution in [3.63, 3.8) is 0 Å². The van der Waals surface area contributed by atoms with Gasteiger partial charge in [0.25, 0.3) is 0 Å². The minimum Gasteiger partial charge on any atom is -0.216 e. The van der Waals surface area contributed by atoms with Crippen LogP contribution in [-0.2, 0) is 0 Å². The van der Waals surface area contributed by atoms with Crippen molar-refractivity contribution in [2.24, 2.45) is 23.7 Å². The lowest BCUT2D eigenvalue weighted by atomic mass is 9.78. The van der Waals surface area contributed by atoms with Gasteiger partial charge in [-0.25, -0.2) is 4.39 Å². The first kappa shape index (κ1) is 14.8. The largest absolute Gasteiger partial charge is 0.216 e. The molecule has 19 heavy (non-hydrogen) atoms. The van der Waals surface area contributed by atoms with Crippen LogP contribution in [0.25, 0.3) is 0 Å². The van der Waals surface area contributed by atoms with Crippen LogP contribution in [-0.4, -0.2) is 0 Å². The summed E-state index contributed by atoms with van der Waals surface area (Å²) >= 11 is 0. The molecule has 2 aliphatic carbocycles. The predicted octanol–water partition coefficient (Wildman–Crippen LogP) is 6.05. The summed E-state index contributed by atoms with van der Waals surface area (Å²) in [6.07, 6.45) is 19.1. The molecule has 0 amide bonds. The topological polar surface area (TPSA) is 0 Å². The molecule has 0 saturated heterocycles. The molecule has 2 aliphatic rings. The summed E-state index contributed by atoms with van der Waals surface area (Å²) in [5.41, 5.74) is 0. The number of rotatable bonds is 4. The van der Waals surface area contributed by atoms with Gasteiger partial charge in [-0.1, -0.05) is 38.0 Å². The molecule has 2 saturated carbocycles. The Morgan fingerprint density at radius 3 is 1.89 bits per heavy atom. The van der Waals surface area contributed by atoms with Gasteiger partial charge in [-0.3, -0.25) is 0 Å². The number of hydrogen-bond donors (Lipinski definition) is 0. The van der Waals surface area contributed by atoms with Gasteiger partial charge in [0.1, 0.15) is 0 Å². The first-order valence-corrected chi connectivity index (χ1v) is 8.21. The minimum absolute atomic E-state index is 0.704. The van der Waals surface area contributed by atoms with E-state index in [0.717, 1.165) is 30.1 Å². The van der Waals surface area contributed by atoms with Crippen LogP contribution in [0.5, 0.6) is 0 Å². The molecule has 0 N–H and O–H groups in total. The van der Waals surface area contributed by atoms with E-state index < -0.39 is 0 Å². The van der Waals surface area contributed by atoms with Crippen LogP contribution in [0.1, 0.15) is 64.7 Å². The quantitative estimate of drug-likeness (QED) is 0.542. The van der Waals surface area contributed by atoms with Gasteiger partial charge < -0.3 is 0 Å². The summed E-state index contributed by atoms with van der Waals surface area (Å²) in [5, 5.41) is 0. The van der Waals surface area contributed by atoms with Gasteiger partial charge in [0.2, 0.25) is 0 Å². The van der Waals surface area contributed by atoms with Crippen LogP contribution in [0, 0.1) is 23.7 Å². The highest BCUT2D eigenvalue weighted by atomic mass is 19.1. The third kappa shape index (κ3) is 5.12. The molecule has 0 bridgehead atoms. The molecule has 1 heteroatoms. The SMILES string of the molecule is CC1CCC(C=CC2CCC(C/C=C/F)CC2)CC1. The molecule has 2 rings (SSSR count). The summed E-state index contributed by atoms with van der Waals surface area (Å²) in [6, 6.07) is 0. The minimum atomic E-state index is 0.704. The second kappa shape index (κ2) is 7.87. The Balaban J connectivity index is 1.67. The lowest BCUT2D eigenvalue weighted by Gasteiger charge is -2.27. The van der Waals surface area contributed by atoms with E-state index in [4.69, 9.17) is 0 Å². The highest BCUT2D eigenvalue weighted by Crippen LogP contribution is 2.33. The number of allylic oxidation sites excluding steroid dienone is 3. The van der Waals surface area contributed by atoms with Crippen molar-refractivity contribution in [1.29, 1.82) is 0 Å². The summed E-state index contributed by atoms with van der Waals surface area (Å²) in [7, 11) is 0. The van der Waals surface area contributed by atoms with Crippen LogP contribution in [0.3, 0.4) is 0 Å². The summed E-state index contributed by atoms with van der Waals surface area (Å²) in [4.78, 5) is 0. The molecule has 108 valence electrons. The smallest absolute Gasteiger partial charge is 0.0827 e. The standard InChI is InChI=1S/C18H29F/c1-15-4-6-17(7-5-15)12-13-18-10-8-16(9-11-18)3-2-14-19/h2,12-18H,3-11H2,1H3/b13-12?,14-2+. The summed E-state index contributed by atoms with van der Waals surface area (Å²) in [6.45, 7) is 2.38. The predicted molar refractivity (Wildman–Crippen MR) is 80.6 cm³/mol. The normalized spacial score (nSPS) is 37.2. The fourth-order valence-electron chi connectivity index (χ4n) is 3.65. The van der Waals surface area contributed by atoms with Gasteiger partial charge in [0, 0.05) is 0 Å².